The average molecular weight is 452 g/mol. The summed E-state index contributed by atoms with van der Waals surface area (Å²) in [5, 5.41) is 12.7. The first-order chi connectivity index (χ1) is 14.3. The molecule has 0 saturated carbocycles. The van der Waals surface area contributed by atoms with Crippen LogP contribution in [-0.4, -0.2) is 42.5 Å². The van der Waals surface area contributed by atoms with Crippen molar-refractivity contribution in [2.24, 2.45) is 0 Å². The van der Waals surface area contributed by atoms with Crippen LogP contribution in [0.2, 0.25) is 10.0 Å². The molecule has 2 N–H and O–H groups in total. The molecule has 0 heterocycles. The third-order valence-corrected chi connectivity index (χ3v) is 4.94. The summed E-state index contributed by atoms with van der Waals surface area (Å²) in [6.45, 7) is 2.42. The van der Waals surface area contributed by atoms with Crippen LogP contribution in [0.4, 0.5) is 5.69 Å². The number of carboxylic acids is 1. The van der Waals surface area contributed by atoms with Crippen molar-refractivity contribution < 1.29 is 19.4 Å². The zero-order chi connectivity index (χ0) is 21.7. The van der Waals surface area contributed by atoms with Gasteiger partial charge in [-0.3, -0.25) is 4.79 Å². The van der Waals surface area contributed by atoms with Crippen LogP contribution in [0.15, 0.2) is 60.7 Å². The fourth-order valence-electron chi connectivity index (χ4n) is 2.92. The van der Waals surface area contributed by atoms with Crippen LogP contribution in [0.3, 0.4) is 0 Å². The van der Waals surface area contributed by atoms with Crippen LogP contribution in [0.25, 0.3) is 0 Å². The van der Waals surface area contributed by atoms with Gasteiger partial charge in [0.2, 0.25) is 0 Å². The number of carbonyl (C=O) groups excluding carboxylic acids is 1. The number of hydrogen-bond acceptors (Lipinski definition) is 3. The topological polar surface area (TPSA) is 75.6 Å². The van der Waals surface area contributed by atoms with Crippen molar-refractivity contribution >= 4 is 59.6 Å². The molecule has 0 unspecified atom stereocenters. The van der Waals surface area contributed by atoms with E-state index in [4.69, 9.17) is 27.9 Å². The van der Waals surface area contributed by atoms with Gasteiger partial charge in [-0.2, -0.15) is 0 Å². The van der Waals surface area contributed by atoms with Gasteiger partial charge in [0.1, 0.15) is 5.75 Å². The van der Waals surface area contributed by atoms with Crippen LogP contribution in [0.5, 0.6) is 5.75 Å². The van der Waals surface area contributed by atoms with E-state index in [2.05, 4.69) is 11.4 Å². The van der Waals surface area contributed by atoms with E-state index < -0.39 is 11.9 Å². The number of amides is 1. The van der Waals surface area contributed by atoms with E-state index in [9.17, 15) is 14.7 Å². The van der Waals surface area contributed by atoms with Gasteiger partial charge in [-0.1, -0.05) is 53.0 Å². The van der Waals surface area contributed by atoms with Gasteiger partial charge in [0.15, 0.2) is 0 Å². The fourth-order valence-corrected chi connectivity index (χ4v) is 3.41. The summed E-state index contributed by atoms with van der Waals surface area (Å²) in [5.41, 5.74) is 2.56. The first-order valence-corrected chi connectivity index (χ1v) is 9.91. The first-order valence-electron chi connectivity index (χ1n) is 9.15. The Morgan fingerprint density at radius 3 is 2.45 bits per heavy atom. The summed E-state index contributed by atoms with van der Waals surface area (Å²) in [7, 11) is 0. The number of hydrogen-bond donors (Lipinski definition) is 2. The van der Waals surface area contributed by atoms with Crippen molar-refractivity contribution in [2.45, 2.75) is 13.3 Å². The van der Waals surface area contributed by atoms with Gasteiger partial charge in [-0.25, -0.2) is 4.79 Å². The minimum absolute atomic E-state index is 0. The number of rotatable bonds is 7. The molecule has 1 amide bonds. The van der Waals surface area contributed by atoms with Crippen LogP contribution >= 0.6 is 23.2 Å². The van der Waals surface area contributed by atoms with E-state index in [1.807, 2.05) is 25.1 Å². The molecule has 3 aromatic carbocycles. The maximum atomic E-state index is 12.5. The van der Waals surface area contributed by atoms with Crippen molar-refractivity contribution in [1.82, 2.24) is 0 Å². The summed E-state index contributed by atoms with van der Waals surface area (Å²) in [4.78, 5) is 24.2. The van der Waals surface area contributed by atoms with E-state index in [1.54, 1.807) is 6.07 Å². The predicted molar refractivity (Wildman–Crippen MR) is 125 cm³/mol. The Kier molecular flexibility index (Phi) is 9.03. The molecule has 0 saturated heterocycles. The van der Waals surface area contributed by atoms with Crippen molar-refractivity contribution in [2.75, 3.05) is 11.9 Å². The number of aromatic carboxylic acids is 1. The van der Waals surface area contributed by atoms with Gasteiger partial charge in [0, 0.05) is 11.4 Å². The van der Waals surface area contributed by atoms with E-state index >= 15 is 0 Å². The number of aryl methyl sites for hydroxylation is 1. The molecular weight excluding hydrogens is 432 g/mol. The van der Waals surface area contributed by atoms with E-state index in [1.165, 1.54) is 35.9 Å². The van der Waals surface area contributed by atoms with Crippen molar-refractivity contribution in [1.29, 1.82) is 0 Å². The molecule has 0 bridgehead atoms. The molecule has 0 fully saturated rings. The molecular formula is C23H20Cl2LiNO4. The van der Waals surface area contributed by atoms with Crippen LogP contribution in [0, 0.1) is 6.92 Å². The summed E-state index contributed by atoms with van der Waals surface area (Å²) in [6, 6.07) is 17.0. The van der Waals surface area contributed by atoms with Crippen LogP contribution in [0.1, 0.15) is 31.8 Å². The van der Waals surface area contributed by atoms with Gasteiger partial charge in [0.25, 0.3) is 5.91 Å². The summed E-state index contributed by atoms with van der Waals surface area (Å²) < 4.78 is 5.71. The molecule has 0 radical (unpaired) electrons. The number of anilines is 1. The molecule has 3 aromatic rings. The number of benzene rings is 3. The number of carbonyl (C=O) groups is 2. The Morgan fingerprint density at radius 1 is 1.00 bits per heavy atom. The SMILES string of the molecule is Cc1cccc(CCOc2ccc(NC(=O)c3ccc(Cl)cc3Cl)c(C(=O)O)c2)c1.[LiH]. The molecule has 0 spiro atoms. The summed E-state index contributed by atoms with van der Waals surface area (Å²) in [6.07, 6.45) is 0.692. The molecule has 0 atom stereocenters. The third kappa shape index (κ3) is 6.78. The summed E-state index contributed by atoms with van der Waals surface area (Å²) in [5.74, 6) is -1.31. The summed E-state index contributed by atoms with van der Waals surface area (Å²) >= 11 is 11.9. The second-order valence-electron chi connectivity index (χ2n) is 6.68. The molecule has 8 heteroatoms. The number of halogens is 2. The second-order valence-corrected chi connectivity index (χ2v) is 7.52. The van der Waals surface area contributed by atoms with Gasteiger partial charge in [-0.15, -0.1) is 0 Å². The number of ether oxygens (including phenoxy) is 1. The maximum absolute atomic E-state index is 12.5. The van der Waals surface area contributed by atoms with Gasteiger partial charge >= 0.3 is 24.8 Å². The molecule has 0 aliphatic rings. The Bertz CT molecular complexity index is 1100. The fraction of sp³-hybridized carbons (Fsp3) is 0.130. The van der Waals surface area contributed by atoms with Crippen LogP contribution < -0.4 is 10.1 Å². The number of carboxylic acid groups (broad SMARTS) is 1. The molecule has 31 heavy (non-hydrogen) atoms. The zero-order valence-corrected chi connectivity index (χ0v) is 17.6. The minimum atomic E-state index is -1.18. The van der Waals surface area contributed by atoms with Gasteiger partial charge in [-0.05, 0) is 48.9 Å². The van der Waals surface area contributed by atoms with E-state index in [0.29, 0.717) is 23.8 Å². The second kappa shape index (κ2) is 11.3. The standard InChI is InChI=1S/C23H19Cl2NO4.Li.H/c1-14-3-2-4-15(11-14)9-10-30-17-6-8-21(19(13-17)23(28)29)26-22(27)18-7-5-16(24)12-20(18)25;;/h2-8,11-13H,9-10H2,1H3,(H,26,27)(H,28,29);;. The average Bonchev–Trinajstić information content (AvgIpc) is 2.68. The van der Waals surface area contributed by atoms with E-state index in [0.717, 1.165) is 5.56 Å². The molecule has 156 valence electrons. The van der Waals surface area contributed by atoms with Crippen molar-refractivity contribution in [3.8, 4) is 5.75 Å². The Morgan fingerprint density at radius 2 is 1.77 bits per heavy atom. The predicted octanol–water partition coefficient (Wildman–Crippen LogP) is 5.23. The van der Waals surface area contributed by atoms with Gasteiger partial charge in [0.05, 0.1) is 28.4 Å². The third-order valence-electron chi connectivity index (χ3n) is 4.39. The zero-order valence-electron chi connectivity index (χ0n) is 16.1. The van der Waals surface area contributed by atoms with Crippen molar-refractivity contribution in [3.05, 3.63) is 93.0 Å². The monoisotopic (exact) mass is 451 g/mol. The Balaban J connectivity index is 0.00000341. The van der Waals surface area contributed by atoms with Gasteiger partial charge < -0.3 is 15.2 Å². The Labute approximate surface area is 202 Å². The first kappa shape index (κ1) is 24.8. The molecule has 0 aliphatic carbocycles. The molecule has 5 nitrogen and oxygen atoms in total. The van der Waals surface area contributed by atoms with Crippen molar-refractivity contribution in [3.63, 3.8) is 0 Å². The molecule has 0 aliphatic heterocycles. The molecule has 3 rings (SSSR count). The van der Waals surface area contributed by atoms with E-state index in [-0.39, 0.29) is 40.7 Å². The number of nitrogens with one attached hydrogen (secondary N) is 1. The Hall–Kier alpha value is -2.42. The normalized spacial score (nSPS) is 10.2. The van der Waals surface area contributed by atoms with Crippen LogP contribution in [-0.2, 0) is 6.42 Å². The quantitative estimate of drug-likeness (QED) is 0.482. The molecule has 0 aromatic heterocycles.